The first-order valence-electron chi connectivity index (χ1n) is 6.48. The number of hydrogen-bond donors (Lipinski definition) is 1. The lowest BCUT2D eigenvalue weighted by Gasteiger charge is -2.19. The predicted octanol–water partition coefficient (Wildman–Crippen LogP) is 1.78. The van der Waals surface area contributed by atoms with Crippen molar-refractivity contribution >= 4 is 17.5 Å². The highest BCUT2D eigenvalue weighted by Gasteiger charge is 2.25. The van der Waals surface area contributed by atoms with Crippen molar-refractivity contribution in [1.82, 2.24) is 14.8 Å². The molecular weight excluding hydrogens is 250 g/mol. The molecule has 6 heteroatoms. The Morgan fingerprint density at radius 2 is 2.28 bits per heavy atom. The van der Waals surface area contributed by atoms with E-state index in [1.807, 2.05) is 4.57 Å². The number of carbonyl (C=O) groups excluding carboxylic acids is 1. The number of hydrogen-bond acceptors (Lipinski definition) is 5. The molecule has 0 bridgehead atoms. The molecule has 2 rings (SSSR count). The molecule has 5 nitrogen and oxygen atoms in total. The second kappa shape index (κ2) is 6.33. The first kappa shape index (κ1) is 13.5. The summed E-state index contributed by atoms with van der Waals surface area (Å²) in [5.74, 6) is 0.908. The maximum atomic E-state index is 11.8. The van der Waals surface area contributed by atoms with Crippen molar-refractivity contribution in [3.8, 4) is 0 Å². The molecule has 1 saturated carbocycles. The summed E-state index contributed by atoms with van der Waals surface area (Å²) in [6.45, 7) is 2.75. The van der Waals surface area contributed by atoms with E-state index in [1.54, 1.807) is 0 Å². The lowest BCUT2D eigenvalue weighted by atomic mass is 9.99. The molecule has 1 N–H and O–H groups in total. The van der Waals surface area contributed by atoms with E-state index in [0.29, 0.717) is 18.0 Å². The molecule has 18 heavy (non-hydrogen) atoms. The van der Waals surface area contributed by atoms with E-state index in [4.69, 9.17) is 0 Å². The maximum Gasteiger partial charge on any atom is 0.191 e. The minimum absolute atomic E-state index is 0.0186. The van der Waals surface area contributed by atoms with Gasteiger partial charge >= 0.3 is 0 Å². The number of carbonyl (C=O) groups is 1. The molecule has 0 aromatic carbocycles. The van der Waals surface area contributed by atoms with E-state index in [0.717, 1.165) is 37.4 Å². The van der Waals surface area contributed by atoms with Crippen molar-refractivity contribution in [2.75, 3.05) is 0 Å². The van der Waals surface area contributed by atoms with Gasteiger partial charge in [0.2, 0.25) is 0 Å². The number of aliphatic hydroxyl groups is 1. The molecule has 0 radical (unpaired) electrons. The Bertz CT molecular complexity index is 419. The molecule has 1 aromatic heterocycles. The molecular formula is C12H19N3O2S. The molecule has 0 saturated heterocycles. The highest BCUT2D eigenvalue weighted by Crippen LogP contribution is 2.31. The highest BCUT2D eigenvalue weighted by molar-refractivity contribution is 8.00. The van der Waals surface area contributed by atoms with Crippen LogP contribution in [0.25, 0.3) is 0 Å². The number of thioether (sulfide) groups is 1. The zero-order valence-corrected chi connectivity index (χ0v) is 11.4. The topological polar surface area (TPSA) is 68.0 Å². The van der Waals surface area contributed by atoms with Gasteiger partial charge in [0.1, 0.15) is 12.4 Å². The van der Waals surface area contributed by atoms with Gasteiger partial charge in [-0.05, 0) is 19.3 Å². The number of nitrogens with zero attached hydrogens (tertiary/aromatic N) is 3. The molecule has 1 unspecified atom stereocenters. The number of rotatable bonds is 5. The summed E-state index contributed by atoms with van der Waals surface area (Å²) in [6.07, 6.45) is 4.69. The summed E-state index contributed by atoms with van der Waals surface area (Å²) in [5, 5.41) is 18.1. The molecule has 0 aliphatic heterocycles. The first-order chi connectivity index (χ1) is 8.76. The van der Waals surface area contributed by atoms with Crippen molar-refractivity contribution in [3.63, 3.8) is 0 Å². The van der Waals surface area contributed by atoms with Crippen molar-refractivity contribution in [3.05, 3.63) is 5.82 Å². The molecule has 1 aliphatic rings. The Hall–Kier alpha value is -0.880. The first-order valence-corrected chi connectivity index (χ1v) is 7.36. The fourth-order valence-electron chi connectivity index (χ4n) is 2.17. The van der Waals surface area contributed by atoms with Gasteiger partial charge in [0.05, 0.1) is 5.25 Å². The Kier molecular flexibility index (Phi) is 4.77. The second-order valence-corrected chi connectivity index (χ2v) is 5.70. The smallest absolute Gasteiger partial charge is 0.191 e. The molecule has 1 aromatic rings. The Labute approximate surface area is 111 Å². The number of ketones is 1. The van der Waals surface area contributed by atoms with Crippen LogP contribution in [0.15, 0.2) is 5.16 Å². The van der Waals surface area contributed by atoms with E-state index in [9.17, 15) is 9.90 Å². The third kappa shape index (κ3) is 2.92. The van der Waals surface area contributed by atoms with Gasteiger partial charge in [0.25, 0.3) is 0 Å². The van der Waals surface area contributed by atoms with Gasteiger partial charge < -0.3 is 9.67 Å². The summed E-state index contributed by atoms with van der Waals surface area (Å²) in [4.78, 5) is 11.8. The molecule has 1 heterocycles. The van der Waals surface area contributed by atoms with E-state index in [-0.39, 0.29) is 11.9 Å². The zero-order valence-electron chi connectivity index (χ0n) is 10.6. The van der Waals surface area contributed by atoms with Crippen LogP contribution in [0.2, 0.25) is 0 Å². The normalized spacial score (nSPS) is 20.3. The molecule has 1 fully saturated rings. The van der Waals surface area contributed by atoms with E-state index in [1.165, 1.54) is 11.8 Å². The van der Waals surface area contributed by atoms with Crippen LogP contribution >= 0.6 is 11.8 Å². The number of Topliss-reactive ketones (excluding diaryl/α,β-unsaturated/α-hetero) is 1. The average molecular weight is 269 g/mol. The average Bonchev–Trinajstić information content (AvgIpc) is 2.75. The minimum Gasteiger partial charge on any atom is -0.388 e. The van der Waals surface area contributed by atoms with Crippen LogP contribution in [0, 0.1) is 0 Å². The van der Waals surface area contributed by atoms with Crippen molar-refractivity contribution < 1.29 is 9.90 Å². The third-order valence-corrected chi connectivity index (χ3v) is 4.42. The summed E-state index contributed by atoms with van der Waals surface area (Å²) < 4.78 is 1.92. The fourth-order valence-corrected chi connectivity index (χ4v) is 3.37. The standard InChI is InChI=1S/C12H19N3O2S/c1-2-7-15-11(8-16)13-14-12(15)18-10-6-4-3-5-9(10)17/h10,16H,2-8H2,1H3. The lowest BCUT2D eigenvalue weighted by molar-refractivity contribution is -0.119. The van der Waals surface area contributed by atoms with Crippen LogP contribution in [0.4, 0.5) is 0 Å². The Morgan fingerprint density at radius 1 is 1.44 bits per heavy atom. The molecule has 1 atom stereocenters. The van der Waals surface area contributed by atoms with Gasteiger partial charge in [-0.3, -0.25) is 4.79 Å². The summed E-state index contributed by atoms with van der Waals surface area (Å²) in [7, 11) is 0. The third-order valence-electron chi connectivity index (χ3n) is 3.13. The largest absolute Gasteiger partial charge is 0.388 e. The van der Waals surface area contributed by atoms with Crippen molar-refractivity contribution in [1.29, 1.82) is 0 Å². The zero-order chi connectivity index (χ0) is 13.0. The van der Waals surface area contributed by atoms with Gasteiger partial charge in [0.15, 0.2) is 11.0 Å². The van der Waals surface area contributed by atoms with Crippen LogP contribution in [-0.2, 0) is 17.9 Å². The van der Waals surface area contributed by atoms with Gasteiger partial charge in [-0.2, -0.15) is 0 Å². The Balaban J connectivity index is 2.12. The van der Waals surface area contributed by atoms with Crippen LogP contribution in [-0.4, -0.2) is 30.9 Å². The van der Waals surface area contributed by atoms with Gasteiger partial charge in [-0.1, -0.05) is 25.1 Å². The van der Waals surface area contributed by atoms with E-state index >= 15 is 0 Å². The number of aliphatic hydroxyl groups excluding tert-OH is 1. The van der Waals surface area contributed by atoms with Crippen LogP contribution in [0.5, 0.6) is 0 Å². The second-order valence-electron chi connectivity index (χ2n) is 4.53. The van der Waals surface area contributed by atoms with Crippen LogP contribution in [0.3, 0.4) is 0 Å². The Morgan fingerprint density at radius 3 is 2.94 bits per heavy atom. The highest BCUT2D eigenvalue weighted by atomic mass is 32.2. The van der Waals surface area contributed by atoms with Crippen molar-refractivity contribution in [2.45, 2.75) is 62.6 Å². The summed E-state index contributed by atoms with van der Waals surface area (Å²) in [5.41, 5.74) is 0. The lowest BCUT2D eigenvalue weighted by Crippen LogP contribution is -2.22. The van der Waals surface area contributed by atoms with Crippen LogP contribution in [0.1, 0.15) is 44.9 Å². The SMILES string of the molecule is CCCn1c(CO)nnc1SC1CCCCC1=O. The minimum atomic E-state index is -0.105. The molecule has 100 valence electrons. The molecule has 0 spiro atoms. The predicted molar refractivity (Wildman–Crippen MR) is 69.4 cm³/mol. The van der Waals surface area contributed by atoms with E-state index in [2.05, 4.69) is 17.1 Å². The van der Waals surface area contributed by atoms with Gasteiger partial charge in [0, 0.05) is 13.0 Å². The van der Waals surface area contributed by atoms with Crippen molar-refractivity contribution in [2.24, 2.45) is 0 Å². The van der Waals surface area contributed by atoms with Gasteiger partial charge in [-0.15, -0.1) is 10.2 Å². The fraction of sp³-hybridized carbons (Fsp3) is 0.750. The summed E-state index contributed by atoms with van der Waals surface area (Å²) in [6, 6.07) is 0. The number of aromatic nitrogens is 3. The van der Waals surface area contributed by atoms with Gasteiger partial charge in [-0.25, -0.2) is 0 Å². The maximum absolute atomic E-state index is 11.8. The van der Waals surface area contributed by atoms with Crippen LogP contribution < -0.4 is 0 Å². The van der Waals surface area contributed by atoms with E-state index < -0.39 is 0 Å². The monoisotopic (exact) mass is 269 g/mol. The summed E-state index contributed by atoms with van der Waals surface area (Å²) >= 11 is 1.50. The molecule has 1 aliphatic carbocycles. The quantitative estimate of drug-likeness (QED) is 0.882. The molecule has 0 amide bonds.